The van der Waals surface area contributed by atoms with E-state index < -0.39 is 0 Å². The van der Waals surface area contributed by atoms with Crippen molar-refractivity contribution in [2.24, 2.45) is 11.8 Å². The minimum Gasteiger partial charge on any atom is -0.359 e. The molecule has 0 amide bonds. The number of hydrogen-bond acceptors (Lipinski definition) is 1. The summed E-state index contributed by atoms with van der Waals surface area (Å²) in [5, 5.41) is 3.46. The lowest BCUT2D eigenvalue weighted by Gasteiger charge is -2.20. The fraction of sp³-hybridized carbons (Fsp3) is 0.556. The van der Waals surface area contributed by atoms with Crippen LogP contribution in [0.5, 0.6) is 0 Å². The minimum absolute atomic E-state index is 0.517. The Bertz CT molecular complexity index is 420. The molecule has 0 fully saturated rings. The third kappa shape index (κ3) is 5.10. The summed E-state index contributed by atoms with van der Waals surface area (Å²) >= 11 is 0. The van der Waals surface area contributed by atoms with Gasteiger partial charge < -0.3 is 5.32 Å². The van der Waals surface area contributed by atoms with Crippen molar-refractivity contribution >= 4 is 5.69 Å². The topological polar surface area (TPSA) is 12.0 Å². The highest BCUT2D eigenvalue weighted by Crippen LogP contribution is 2.24. The zero-order chi connectivity index (χ0) is 14.4. The van der Waals surface area contributed by atoms with E-state index in [9.17, 15) is 0 Å². The SMILES string of the molecule is C=C(Nc1ccc(C)c(C)c1)C(C)CC(C)CCC. The smallest absolute Gasteiger partial charge is 0.0384 e. The van der Waals surface area contributed by atoms with Gasteiger partial charge in [-0.05, 0) is 55.4 Å². The fourth-order valence-corrected chi connectivity index (χ4v) is 2.48. The van der Waals surface area contributed by atoms with E-state index in [2.05, 4.69) is 64.7 Å². The van der Waals surface area contributed by atoms with Crippen molar-refractivity contribution in [3.8, 4) is 0 Å². The van der Waals surface area contributed by atoms with E-state index in [0.717, 1.165) is 17.3 Å². The molecule has 0 heterocycles. The first-order valence-corrected chi connectivity index (χ1v) is 7.47. The molecule has 0 aliphatic carbocycles. The summed E-state index contributed by atoms with van der Waals surface area (Å²) in [5.41, 5.74) is 4.94. The van der Waals surface area contributed by atoms with Gasteiger partial charge in [0.05, 0.1) is 0 Å². The van der Waals surface area contributed by atoms with E-state index in [1.165, 1.54) is 30.4 Å². The van der Waals surface area contributed by atoms with Crippen molar-refractivity contribution in [2.45, 2.75) is 53.9 Å². The van der Waals surface area contributed by atoms with E-state index in [0.29, 0.717) is 5.92 Å². The Balaban J connectivity index is 2.56. The van der Waals surface area contributed by atoms with Crippen molar-refractivity contribution in [1.29, 1.82) is 0 Å². The summed E-state index contributed by atoms with van der Waals surface area (Å²) in [6.07, 6.45) is 3.79. The molecule has 0 radical (unpaired) electrons. The van der Waals surface area contributed by atoms with Gasteiger partial charge in [-0.1, -0.05) is 46.3 Å². The molecule has 1 aromatic carbocycles. The van der Waals surface area contributed by atoms with Crippen LogP contribution < -0.4 is 5.32 Å². The van der Waals surface area contributed by atoms with Crippen molar-refractivity contribution in [2.75, 3.05) is 5.32 Å². The van der Waals surface area contributed by atoms with Gasteiger partial charge in [0.2, 0.25) is 0 Å². The highest BCUT2D eigenvalue weighted by molar-refractivity contribution is 5.51. The van der Waals surface area contributed by atoms with E-state index in [-0.39, 0.29) is 0 Å². The summed E-state index contributed by atoms with van der Waals surface area (Å²) in [4.78, 5) is 0. The molecule has 0 aliphatic heterocycles. The Morgan fingerprint density at radius 2 is 1.89 bits per heavy atom. The maximum Gasteiger partial charge on any atom is 0.0384 e. The molecule has 2 atom stereocenters. The molecule has 1 aromatic rings. The average molecular weight is 259 g/mol. The lowest BCUT2D eigenvalue weighted by atomic mass is 9.92. The van der Waals surface area contributed by atoms with Gasteiger partial charge in [-0.25, -0.2) is 0 Å². The van der Waals surface area contributed by atoms with Gasteiger partial charge in [0.1, 0.15) is 0 Å². The third-order valence-electron chi connectivity index (χ3n) is 3.94. The molecular weight excluding hydrogens is 230 g/mol. The second kappa shape index (κ2) is 7.37. The molecule has 0 saturated heterocycles. The molecule has 0 saturated carbocycles. The number of benzene rings is 1. The van der Waals surface area contributed by atoms with Crippen LogP contribution in [-0.4, -0.2) is 0 Å². The van der Waals surface area contributed by atoms with Gasteiger partial charge in [0, 0.05) is 11.4 Å². The van der Waals surface area contributed by atoms with Gasteiger partial charge in [0.25, 0.3) is 0 Å². The average Bonchev–Trinajstić information content (AvgIpc) is 2.34. The molecule has 1 rings (SSSR count). The van der Waals surface area contributed by atoms with Gasteiger partial charge >= 0.3 is 0 Å². The number of rotatable bonds is 7. The number of aryl methyl sites for hydroxylation is 2. The van der Waals surface area contributed by atoms with Gasteiger partial charge in [0.15, 0.2) is 0 Å². The number of nitrogens with one attached hydrogen (secondary N) is 1. The highest BCUT2D eigenvalue weighted by atomic mass is 14.9. The Kier molecular flexibility index (Phi) is 6.14. The quantitative estimate of drug-likeness (QED) is 0.663. The van der Waals surface area contributed by atoms with Crippen molar-refractivity contribution < 1.29 is 0 Å². The van der Waals surface area contributed by atoms with Crippen LogP contribution in [0.3, 0.4) is 0 Å². The molecule has 0 aromatic heterocycles. The molecule has 0 spiro atoms. The minimum atomic E-state index is 0.517. The fourth-order valence-electron chi connectivity index (χ4n) is 2.48. The van der Waals surface area contributed by atoms with E-state index in [1.54, 1.807) is 0 Å². The monoisotopic (exact) mass is 259 g/mol. The maximum absolute atomic E-state index is 4.20. The highest BCUT2D eigenvalue weighted by Gasteiger charge is 2.11. The Labute approximate surface area is 119 Å². The molecule has 0 bridgehead atoms. The lowest BCUT2D eigenvalue weighted by molar-refractivity contribution is 0.425. The normalized spacial score (nSPS) is 13.9. The zero-order valence-electron chi connectivity index (χ0n) is 13.2. The molecule has 0 aliphatic rings. The largest absolute Gasteiger partial charge is 0.359 e. The van der Waals surface area contributed by atoms with Crippen LogP contribution in [0.25, 0.3) is 0 Å². The first kappa shape index (κ1) is 15.8. The zero-order valence-corrected chi connectivity index (χ0v) is 13.2. The summed E-state index contributed by atoms with van der Waals surface area (Å²) in [6.45, 7) is 15.4. The molecule has 19 heavy (non-hydrogen) atoms. The predicted molar refractivity (Wildman–Crippen MR) is 86.5 cm³/mol. The summed E-state index contributed by atoms with van der Waals surface area (Å²) < 4.78 is 0. The van der Waals surface area contributed by atoms with Crippen LogP contribution in [0.4, 0.5) is 5.69 Å². The van der Waals surface area contributed by atoms with Crippen LogP contribution >= 0.6 is 0 Å². The van der Waals surface area contributed by atoms with E-state index in [1.807, 2.05) is 0 Å². The third-order valence-corrected chi connectivity index (χ3v) is 3.94. The number of allylic oxidation sites excluding steroid dienone is 1. The summed E-state index contributed by atoms with van der Waals surface area (Å²) in [6, 6.07) is 6.49. The molecule has 1 N–H and O–H groups in total. The summed E-state index contributed by atoms with van der Waals surface area (Å²) in [7, 11) is 0. The summed E-state index contributed by atoms with van der Waals surface area (Å²) in [5.74, 6) is 1.29. The van der Waals surface area contributed by atoms with E-state index in [4.69, 9.17) is 0 Å². The van der Waals surface area contributed by atoms with Gasteiger partial charge in [-0.3, -0.25) is 0 Å². The van der Waals surface area contributed by atoms with Gasteiger partial charge in [-0.15, -0.1) is 0 Å². The van der Waals surface area contributed by atoms with Crippen LogP contribution in [0.15, 0.2) is 30.5 Å². The molecular formula is C18H29N. The van der Waals surface area contributed by atoms with Crippen molar-refractivity contribution in [3.63, 3.8) is 0 Å². The maximum atomic E-state index is 4.20. The number of hydrogen-bond donors (Lipinski definition) is 1. The second-order valence-electron chi connectivity index (χ2n) is 5.98. The van der Waals surface area contributed by atoms with Crippen LogP contribution in [0.2, 0.25) is 0 Å². The van der Waals surface area contributed by atoms with Gasteiger partial charge in [-0.2, -0.15) is 0 Å². The Morgan fingerprint density at radius 1 is 1.21 bits per heavy atom. The first-order valence-electron chi connectivity index (χ1n) is 7.47. The molecule has 2 unspecified atom stereocenters. The van der Waals surface area contributed by atoms with Crippen LogP contribution in [0, 0.1) is 25.7 Å². The molecule has 1 heteroatoms. The second-order valence-corrected chi connectivity index (χ2v) is 5.98. The number of anilines is 1. The first-order chi connectivity index (χ1) is 8.93. The Morgan fingerprint density at radius 3 is 2.47 bits per heavy atom. The van der Waals surface area contributed by atoms with Crippen molar-refractivity contribution in [3.05, 3.63) is 41.6 Å². The molecule has 106 valence electrons. The lowest BCUT2D eigenvalue weighted by Crippen LogP contribution is -2.11. The van der Waals surface area contributed by atoms with E-state index >= 15 is 0 Å². The predicted octanol–water partition coefficient (Wildman–Crippen LogP) is 5.69. The standard InChI is InChI=1S/C18H29N/c1-7-8-13(2)11-16(5)17(6)19-18-10-9-14(3)15(4)12-18/h9-10,12-13,16,19H,6-8,11H2,1-5H3. The van der Waals surface area contributed by atoms with Crippen LogP contribution in [0.1, 0.15) is 51.2 Å². The van der Waals surface area contributed by atoms with Crippen LogP contribution in [-0.2, 0) is 0 Å². The Hall–Kier alpha value is -1.24. The van der Waals surface area contributed by atoms with Crippen molar-refractivity contribution in [1.82, 2.24) is 0 Å². The molecule has 1 nitrogen and oxygen atoms in total.